The van der Waals surface area contributed by atoms with Crippen LogP contribution in [-0.2, 0) is 19.4 Å². The lowest BCUT2D eigenvalue weighted by Gasteiger charge is -2.23. The van der Waals surface area contributed by atoms with E-state index in [1.807, 2.05) is 6.92 Å². The highest BCUT2D eigenvalue weighted by atomic mass is 32.2. The number of hydrogen-bond acceptors (Lipinski definition) is 6. The zero-order chi connectivity index (χ0) is 15.6. The van der Waals surface area contributed by atoms with Crippen molar-refractivity contribution < 1.29 is 22.7 Å². The largest absolute Gasteiger partial charge is 0.451 e. The zero-order valence-corrected chi connectivity index (χ0v) is 13.5. The van der Waals surface area contributed by atoms with Gasteiger partial charge in [0.2, 0.25) is 0 Å². The molecular weight excluding hydrogens is 314 g/mol. The molecule has 1 aliphatic rings. The third kappa shape index (κ3) is 4.04. The number of sulfone groups is 1. The van der Waals surface area contributed by atoms with Crippen LogP contribution in [0.15, 0.2) is 12.1 Å². The lowest BCUT2D eigenvalue weighted by atomic mass is 10.2. The maximum absolute atomic E-state index is 11.9. The van der Waals surface area contributed by atoms with E-state index in [9.17, 15) is 18.0 Å². The van der Waals surface area contributed by atoms with Gasteiger partial charge < -0.3 is 9.64 Å². The lowest BCUT2D eigenvalue weighted by molar-refractivity contribution is -0.134. The van der Waals surface area contributed by atoms with Crippen LogP contribution < -0.4 is 0 Å². The summed E-state index contributed by atoms with van der Waals surface area (Å²) in [5.41, 5.74) is 0. The minimum absolute atomic E-state index is 0.0205. The Labute approximate surface area is 127 Å². The zero-order valence-electron chi connectivity index (χ0n) is 11.9. The molecule has 1 aromatic rings. The number of amides is 1. The molecule has 0 spiro atoms. The summed E-state index contributed by atoms with van der Waals surface area (Å²) in [5.74, 6) is -0.843. The summed E-state index contributed by atoms with van der Waals surface area (Å²) in [6.45, 7) is 1.50. The summed E-state index contributed by atoms with van der Waals surface area (Å²) in [7, 11) is -1.51. The first-order chi connectivity index (χ1) is 9.78. The van der Waals surface area contributed by atoms with Crippen LogP contribution >= 0.6 is 11.3 Å². The first kappa shape index (κ1) is 16.0. The normalized spacial score (nSPS) is 20.2. The Morgan fingerprint density at radius 3 is 2.67 bits per heavy atom. The van der Waals surface area contributed by atoms with E-state index in [1.54, 1.807) is 12.1 Å². The predicted molar refractivity (Wildman–Crippen MR) is 79.2 cm³/mol. The molecule has 2 rings (SSSR count). The molecule has 6 nitrogen and oxygen atoms in total. The number of carbonyl (C=O) groups excluding carboxylic acids is 2. The summed E-state index contributed by atoms with van der Waals surface area (Å²) in [6, 6.07) is 3.13. The Bertz CT molecular complexity index is 649. The summed E-state index contributed by atoms with van der Waals surface area (Å²) < 4.78 is 27.8. The Morgan fingerprint density at radius 2 is 2.14 bits per heavy atom. The highest BCUT2D eigenvalue weighted by Gasteiger charge is 2.32. The van der Waals surface area contributed by atoms with Crippen molar-refractivity contribution >= 4 is 33.1 Å². The first-order valence-electron chi connectivity index (χ1n) is 6.48. The van der Waals surface area contributed by atoms with Crippen molar-refractivity contribution in [1.29, 1.82) is 0 Å². The molecular formula is C13H17NO5S2. The molecule has 1 atom stereocenters. The molecule has 8 heteroatoms. The van der Waals surface area contributed by atoms with Gasteiger partial charge in [-0.1, -0.05) is 0 Å². The summed E-state index contributed by atoms with van der Waals surface area (Å²) in [4.78, 5) is 26.5. The highest BCUT2D eigenvalue weighted by Crippen LogP contribution is 2.18. The molecule has 1 unspecified atom stereocenters. The van der Waals surface area contributed by atoms with Gasteiger partial charge in [-0.25, -0.2) is 13.2 Å². The topological polar surface area (TPSA) is 80.8 Å². The highest BCUT2D eigenvalue weighted by molar-refractivity contribution is 7.91. The molecule has 1 amide bonds. The fraction of sp³-hybridized carbons (Fsp3) is 0.538. The van der Waals surface area contributed by atoms with E-state index in [1.165, 1.54) is 23.3 Å². The Morgan fingerprint density at radius 1 is 1.43 bits per heavy atom. The van der Waals surface area contributed by atoms with Crippen LogP contribution in [0.1, 0.15) is 21.0 Å². The molecule has 1 aromatic heterocycles. The Balaban J connectivity index is 1.86. The van der Waals surface area contributed by atoms with Crippen molar-refractivity contribution in [2.75, 3.05) is 25.2 Å². The van der Waals surface area contributed by atoms with Gasteiger partial charge in [0.1, 0.15) is 4.88 Å². The van der Waals surface area contributed by atoms with Gasteiger partial charge in [-0.3, -0.25) is 4.79 Å². The van der Waals surface area contributed by atoms with Crippen LogP contribution in [0.2, 0.25) is 0 Å². The molecule has 1 aliphatic heterocycles. The summed E-state index contributed by atoms with van der Waals surface area (Å²) in [6.07, 6.45) is 0.433. The maximum Gasteiger partial charge on any atom is 0.348 e. The Kier molecular flexibility index (Phi) is 4.67. The van der Waals surface area contributed by atoms with Gasteiger partial charge in [-0.15, -0.1) is 11.3 Å². The molecule has 1 saturated heterocycles. The minimum Gasteiger partial charge on any atom is -0.451 e. The van der Waals surface area contributed by atoms with Crippen molar-refractivity contribution in [2.45, 2.75) is 19.4 Å². The average molecular weight is 331 g/mol. The Hall–Kier alpha value is -1.41. The van der Waals surface area contributed by atoms with Gasteiger partial charge in [0.15, 0.2) is 16.4 Å². The van der Waals surface area contributed by atoms with Crippen LogP contribution in [-0.4, -0.2) is 56.4 Å². The third-order valence-corrected chi connectivity index (χ3v) is 6.15. The van der Waals surface area contributed by atoms with E-state index in [-0.39, 0.29) is 24.2 Å². The van der Waals surface area contributed by atoms with E-state index < -0.39 is 21.7 Å². The van der Waals surface area contributed by atoms with Crippen LogP contribution in [0.3, 0.4) is 0 Å². The lowest BCUT2D eigenvalue weighted by Crippen LogP contribution is -2.40. The minimum atomic E-state index is -3.05. The van der Waals surface area contributed by atoms with Crippen LogP contribution in [0.5, 0.6) is 0 Å². The van der Waals surface area contributed by atoms with Gasteiger partial charge in [-0.2, -0.15) is 0 Å². The smallest absolute Gasteiger partial charge is 0.348 e. The number of thiophene rings is 1. The van der Waals surface area contributed by atoms with Gasteiger partial charge >= 0.3 is 5.97 Å². The van der Waals surface area contributed by atoms with Crippen molar-refractivity contribution in [3.05, 3.63) is 21.9 Å². The van der Waals surface area contributed by atoms with E-state index in [4.69, 9.17) is 4.74 Å². The second-order valence-corrected chi connectivity index (χ2v) is 8.56. The number of hydrogen-bond donors (Lipinski definition) is 0. The van der Waals surface area contributed by atoms with Crippen LogP contribution in [0.4, 0.5) is 0 Å². The molecule has 2 heterocycles. The molecule has 1 fully saturated rings. The molecule has 0 bridgehead atoms. The third-order valence-electron chi connectivity index (χ3n) is 3.42. The van der Waals surface area contributed by atoms with E-state index >= 15 is 0 Å². The van der Waals surface area contributed by atoms with Gasteiger partial charge in [0.25, 0.3) is 5.91 Å². The molecule has 0 radical (unpaired) electrons. The molecule has 0 aromatic carbocycles. The van der Waals surface area contributed by atoms with Crippen molar-refractivity contribution in [3.63, 3.8) is 0 Å². The van der Waals surface area contributed by atoms with Crippen molar-refractivity contribution in [2.24, 2.45) is 0 Å². The number of likely N-dealkylation sites (N-methyl/N-ethyl adjacent to an activating group) is 1. The molecule has 0 saturated carbocycles. The molecule has 0 N–H and O–H groups in total. The monoisotopic (exact) mass is 331 g/mol. The fourth-order valence-corrected chi connectivity index (χ4v) is 4.66. The second kappa shape index (κ2) is 6.15. The van der Waals surface area contributed by atoms with Gasteiger partial charge in [0.05, 0.1) is 11.5 Å². The number of nitrogens with zero attached hydrogens (tertiary/aromatic N) is 1. The first-order valence-corrected chi connectivity index (χ1v) is 9.12. The maximum atomic E-state index is 11.9. The summed E-state index contributed by atoms with van der Waals surface area (Å²) >= 11 is 1.30. The van der Waals surface area contributed by atoms with Gasteiger partial charge in [0, 0.05) is 18.0 Å². The second-order valence-electron chi connectivity index (χ2n) is 5.05. The number of carbonyl (C=O) groups is 2. The molecule has 0 aliphatic carbocycles. The number of ether oxygens (including phenoxy) is 1. The van der Waals surface area contributed by atoms with Gasteiger partial charge in [-0.05, 0) is 25.5 Å². The van der Waals surface area contributed by atoms with Crippen molar-refractivity contribution in [3.8, 4) is 0 Å². The quantitative estimate of drug-likeness (QED) is 0.765. The van der Waals surface area contributed by atoms with E-state index in [0.717, 1.165) is 4.88 Å². The van der Waals surface area contributed by atoms with Crippen LogP contribution in [0.25, 0.3) is 0 Å². The number of rotatable bonds is 4. The number of esters is 1. The number of aryl methyl sites for hydroxylation is 1. The van der Waals surface area contributed by atoms with E-state index in [2.05, 4.69) is 0 Å². The fourth-order valence-electron chi connectivity index (χ4n) is 2.13. The van der Waals surface area contributed by atoms with Crippen LogP contribution in [0, 0.1) is 6.92 Å². The average Bonchev–Trinajstić information content (AvgIpc) is 3.00. The molecule has 21 heavy (non-hydrogen) atoms. The SMILES string of the molecule is Cc1ccc(C(=O)OCC(=O)N(C)C2CCS(=O)(=O)C2)s1. The van der Waals surface area contributed by atoms with E-state index in [0.29, 0.717) is 11.3 Å². The van der Waals surface area contributed by atoms with Crippen molar-refractivity contribution in [1.82, 2.24) is 4.90 Å². The molecule has 116 valence electrons. The summed E-state index contributed by atoms with van der Waals surface area (Å²) in [5, 5.41) is 0. The predicted octanol–water partition coefficient (Wildman–Crippen LogP) is 0.859. The standard InChI is InChI=1S/C13H17NO5S2/c1-9-3-4-11(20-9)13(16)19-7-12(15)14(2)10-5-6-21(17,18)8-10/h3-4,10H,5-8H2,1-2H3.